The minimum atomic E-state index is 0.576. The zero-order valence-electron chi connectivity index (χ0n) is 11.9. The van der Waals surface area contributed by atoms with Crippen molar-refractivity contribution in [3.63, 3.8) is 0 Å². The number of rotatable bonds is 5. The van der Waals surface area contributed by atoms with Crippen LogP contribution in [-0.2, 0) is 13.2 Å². The Hall–Kier alpha value is -2.62. The normalized spacial score (nSPS) is 10.5. The number of nitrogens with zero attached hydrogens (tertiary/aromatic N) is 3. The third-order valence-corrected chi connectivity index (χ3v) is 3.24. The van der Waals surface area contributed by atoms with Gasteiger partial charge in [0.2, 0.25) is 0 Å². The van der Waals surface area contributed by atoms with Gasteiger partial charge in [-0.3, -0.25) is 0 Å². The van der Waals surface area contributed by atoms with Crippen molar-refractivity contribution in [3.05, 3.63) is 77.9 Å². The molecule has 0 N–H and O–H groups in total. The highest BCUT2D eigenvalue weighted by atomic mass is 16.5. The van der Waals surface area contributed by atoms with E-state index < -0.39 is 0 Å². The summed E-state index contributed by atoms with van der Waals surface area (Å²) in [5, 5.41) is 4.11. The lowest BCUT2D eigenvalue weighted by Crippen LogP contribution is -2.01. The molecule has 0 saturated carbocycles. The summed E-state index contributed by atoms with van der Waals surface area (Å²) in [4.78, 5) is 3.94. The second-order valence-corrected chi connectivity index (χ2v) is 5.01. The Morgan fingerprint density at radius 3 is 2.67 bits per heavy atom. The SMILES string of the molecule is Cc1ccc(COc2cccc(Cn3cncn3)c2)cc1. The zero-order valence-corrected chi connectivity index (χ0v) is 11.9. The lowest BCUT2D eigenvalue weighted by molar-refractivity contribution is 0.306. The maximum Gasteiger partial charge on any atom is 0.137 e. The number of ether oxygens (including phenoxy) is 1. The lowest BCUT2D eigenvalue weighted by Gasteiger charge is -2.08. The Morgan fingerprint density at radius 2 is 1.90 bits per heavy atom. The Balaban J connectivity index is 1.64. The molecule has 0 bridgehead atoms. The Bertz CT molecular complexity index is 690. The number of hydrogen-bond donors (Lipinski definition) is 0. The van der Waals surface area contributed by atoms with Crippen LogP contribution in [0.2, 0.25) is 0 Å². The van der Waals surface area contributed by atoms with Gasteiger partial charge in [-0.15, -0.1) is 0 Å². The second-order valence-electron chi connectivity index (χ2n) is 5.01. The van der Waals surface area contributed by atoms with Gasteiger partial charge in [-0.05, 0) is 30.2 Å². The van der Waals surface area contributed by atoms with Crippen molar-refractivity contribution in [2.75, 3.05) is 0 Å². The van der Waals surface area contributed by atoms with Crippen molar-refractivity contribution in [2.24, 2.45) is 0 Å². The number of hydrogen-bond acceptors (Lipinski definition) is 3. The number of aromatic nitrogens is 3. The third-order valence-electron chi connectivity index (χ3n) is 3.24. The van der Waals surface area contributed by atoms with Gasteiger partial charge in [-0.1, -0.05) is 42.0 Å². The van der Waals surface area contributed by atoms with Gasteiger partial charge in [0, 0.05) is 0 Å². The van der Waals surface area contributed by atoms with Crippen molar-refractivity contribution in [1.29, 1.82) is 0 Å². The number of benzene rings is 2. The van der Waals surface area contributed by atoms with Crippen molar-refractivity contribution < 1.29 is 4.74 Å². The molecular formula is C17H17N3O. The quantitative estimate of drug-likeness (QED) is 0.720. The van der Waals surface area contributed by atoms with Gasteiger partial charge in [0.15, 0.2) is 0 Å². The Kier molecular flexibility index (Phi) is 3.96. The van der Waals surface area contributed by atoms with Crippen LogP contribution in [-0.4, -0.2) is 14.8 Å². The highest BCUT2D eigenvalue weighted by Crippen LogP contribution is 2.16. The van der Waals surface area contributed by atoms with E-state index in [0.717, 1.165) is 11.3 Å². The molecule has 2 aromatic carbocycles. The van der Waals surface area contributed by atoms with E-state index in [1.165, 1.54) is 17.5 Å². The summed E-state index contributed by atoms with van der Waals surface area (Å²) in [5.41, 5.74) is 3.57. The van der Waals surface area contributed by atoms with Crippen LogP contribution in [0.15, 0.2) is 61.2 Å². The van der Waals surface area contributed by atoms with Gasteiger partial charge in [-0.2, -0.15) is 5.10 Å². The van der Waals surface area contributed by atoms with Crippen molar-refractivity contribution in [1.82, 2.24) is 14.8 Å². The predicted octanol–water partition coefficient (Wildman–Crippen LogP) is 3.21. The fourth-order valence-electron chi connectivity index (χ4n) is 2.09. The molecule has 4 nitrogen and oxygen atoms in total. The van der Waals surface area contributed by atoms with Gasteiger partial charge < -0.3 is 4.74 Å². The lowest BCUT2D eigenvalue weighted by atomic mass is 10.2. The van der Waals surface area contributed by atoms with Gasteiger partial charge in [0.1, 0.15) is 25.0 Å². The van der Waals surface area contributed by atoms with Gasteiger partial charge in [-0.25, -0.2) is 9.67 Å². The summed E-state index contributed by atoms with van der Waals surface area (Å²) < 4.78 is 7.64. The fourth-order valence-corrected chi connectivity index (χ4v) is 2.09. The molecule has 0 saturated heterocycles. The zero-order chi connectivity index (χ0) is 14.5. The van der Waals surface area contributed by atoms with E-state index in [1.54, 1.807) is 11.0 Å². The van der Waals surface area contributed by atoms with Crippen LogP contribution in [0.25, 0.3) is 0 Å². The molecule has 21 heavy (non-hydrogen) atoms. The predicted molar refractivity (Wildman–Crippen MR) is 81.1 cm³/mol. The van der Waals surface area contributed by atoms with Crippen molar-refractivity contribution in [2.45, 2.75) is 20.1 Å². The first-order valence-corrected chi connectivity index (χ1v) is 6.89. The van der Waals surface area contributed by atoms with E-state index in [1.807, 2.05) is 18.2 Å². The summed E-state index contributed by atoms with van der Waals surface area (Å²) in [6.45, 7) is 3.35. The molecule has 0 unspecified atom stereocenters. The molecule has 4 heteroatoms. The smallest absolute Gasteiger partial charge is 0.137 e. The van der Waals surface area contributed by atoms with E-state index in [0.29, 0.717) is 13.2 Å². The Labute approximate surface area is 124 Å². The molecule has 0 spiro atoms. The summed E-state index contributed by atoms with van der Waals surface area (Å²) in [7, 11) is 0. The third kappa shape index (κ3) is 3.69. The average Bonchev–Trinajstić information content (AvgIpc) is 3.00. The molecule has 0 fully saturated rings. The highest BCUT2D eigenvalue weighted by molar-refractivity contribution is 5.29. The van der Waals surface area contributed by atoms with Gasteiger partial charge in [0.05, 0.1) is 6.54 Å². The standard InChI is InChI=1S/C17H17N3O/c1-14-5-7-15(8-6-14)11-21-17-4-2-3-16(9-17)10-20-13-18-12-19-20/h2-9,12-13H,10-11H2,1H3. The maximum absolute atomic E-state index is 5.85. The van der Waals surface area contributed by atoms with E-state index in [-0.39, 0.29) is 0 Å². The van der Waals surface area contributed by atoms with Crippen LogP contribution in [0.3, 0.4) is 0 Å². The molecular weight excluding hydrogens is 262 g/mol. The molecule has 3 rings (SSSR count). The van der Waals surface area contributed by atoms with Gasteiger partial charge in [0.25, 0.3) is 0 Å². The van der Waals surface area contributed by atoms with E-state index >= 15 is 0 Å². The monoisotopic (exact) mass is 279 g/mol. The minimum absolute atomic E-state index is 0.576. The summed E-state index contributed by atoms with van der Waals surface area (Å²) in [5.74, 6) is 0.869. The largest absolute Gasteiger partial charge is 0.489 e. The van der Waals surface area contributed by atoms with Crippen LogP contribution in [0, 0.1) is 6.92 Å². The molecule has 0 aliphatic heterocycles. The molecule has 0 radical (unpaired) electrons. The molecule has 0 aliphatic rings. The topological polar surface area (TPSA) is 39.9 Å². The van der Waals surface area contributed by atoms with Crippen LogP contribution in [0.4, 0.5) is 0 Å². The van der Waals surface area contributed by atoms with Crippen molar-refractivity contribution in [3.8, 4) is 5.75 Å². The second kappa shape index (κ2) is 6.22. The first-order valence-electron chi connectivity index (χ1n) is 6.89. The van der Waals surface area contributed by atoms with Crippen LogP contribution >= 0.6 is 0 Å². The summed E-state index contributed by atoms with van der Waals surface area (Å²) >= 11 is 0. The molecule has 3 aromatic rings. The van der Waals surface area contributed by atoms with E-state index in [2.05, 4.69) is 47.3 Å². The van der Waals surface area contributed by atoms with E-state index in [9.17, 15) is 0 Å². The highest BCUT2D eigenvalue weighted by Gasteiger charge is 2.00. The molecule has 1 heterocycles. The minimum Gasteiger partial charge on any atom is -0.489 e. The summed E-state index contributed by atoms with van der Waals surface area (Å²) in [6, 6.07) is 16.4. The van der Waals surface area contributed by atoms with Crippen molar-refractivity contribution >= 4 is 0 Å². The Morgan fingerprint density at radius 1 is 1.05 bits per heavy atom. The first-order chi connectivity index (χ1) is 10.3. The van der Waals surface area contributed by atoms with E-state index in [4.69, 9.17) is 4.74 Å². The average molecular weight is 279 g/mol. The summed E-state index contributed by atoms with van der Waals surface area (Å²) in [6.07, 6.45) is 3.25. The van der Waals surface area contributed by atoms with Crippen LogP contribution < -0.4 is 4.74 Å². The fraction of sp³-hybridized carbons (Fsp3) is 0.176. The first kappa shape index (κ1) is 13.4. The molecule has 106 valence electrons. The molecule has 0 atom stereocenters. The van der Waals surface area contributed by atoms with Crippen LogP contribution in [0.5, 0.6) is 5.75 Å². The van der Waals surface area contributed by atoms with Gasteiger partial charge >= 0.3 is 0 Å². The number of aryl methyl sites for hydroxylation is 1. The maximum atomic E-state index is 5.85. The van der Waals surface area contributed by atoms with Crippen LogP contribution in [0.1, 0.15) is 16.7 Å². The molecule has 0 amide bonds. The molecule has 1 aromatic heterocycles. The molecule has 0 aliphatic carbocycles.